The third-order valence-corrected chi connectivity index (χ3v) is 7.25. The van der Waals surface area contributed by atoms with Gasteiger partial charge < -0.3 is 10.2 Å². The summed E-state index contributed by atoms with van der Waals surface area (Å²) in [6.07, 6.45) is 4.28. The van der Waals surface area contributed by atoms with Crippen LogP contribution in [0.4, 0.5) is 11.4 Å². The second kappa shape index (κ2) is 7.72. The first kappa shape index (κ1) is 21.4. The van der Waals surface area contributed by atoms with Gasteiger partial charge in [0.05, 0.1) is 16.1 Å². The number of likely N-dealkylation sites (N-methyl/N-ethyl adjacent to an activating group) is 1. The number of nitrogens with zero attached hydrogens (tertiary/aromatic N) is 2. The number of aliphatic imine (C=N–C) groups is 1. The lowest BCUT2D eigenvalue weighted by Crippen LogP contribution is -2.42. The monoisotopic (exact) mass is 431 g/mol. The summed E-state index contributed by atoms with van der Waals surface area (Å²) < 4.78 is 0. The number of amidine groups is 1. The Hall–Kier alpha value is -2.79. The van der Waals surface area contributed by atoms with Crippen LogP contribution in [-0.2, 0) is 4.79 Å². The standard InChI is InChI=1S/C26H29N3OS/c1-15-9-8-10-21(18(15)4)27-25-28-24(30)23(31-25)13-19-12-20-17(3)14-26(5,6)29(7)22(20)11-16(19)2/h8-14H,1-7H3,(H,27,28,30)/b23-13-. The van der Waals surface area contributed by atoms with Gasteiger partial charge in [-0.1, -0.05) is 18.2 Å². The number of anilines is 1. The van der Waals surface area contributed by atoms with Crippen molar-refractivity contribution in [1.82, 2.24) is 5.32 Å². The quantitative estimate of drug-likeness (QED) is 0.581. The van der Waals surface area contributed by atoms with Crippen LogP contribution in [0.3, 0.4) is 0 Å². The minimum atomic E-state index is -0.100. The molecule has 0 radical (unpaired) electrons. The summed E-state index contributed by atoms with van der Waals surface area (Å²) >= 11 is 1.40. The Morgan fingerprint density at radius 2 is 1.84 bits per heavy atom. The number of thioether (sulfide) groups is 1. The van der Waals surface area contributed by atoms with Gasteiger partial charge >= 0.3 is 0 Å². The molecule has 4 rings (SSSR count). The molecule has 2 aliphatic heterocycles. The number of allylic oxidation sites excluding steroid dienone is 1. The average molecular weight is 432 g/mol. The molecule has 31 heavy (non-hydrogen) atoms. The lowest BCUT2D eigenvalue weighted by Gasteiger charge is -2.41. The highest BCUT2D eigenvalue weighted by molar-refractivity contribution is 8.18. The van der Waals surface area contributed by atoms with Crippen molar-refractivity contribution in [2.45, 2.75) is 47.1 Å². The van der Waals surface area contributed by atoms with Gasteiger partial charge in [0.15, 0.2) is 5.17 Å². The van der Waals surface area contributed by atoms with Gasteiger partial charge in [-0.3, -0.25) is 4.79 Å². The van der Waals surface area contributed by atoms with Crippen LogP contribution < -0.4 is 10.2 Å². The third kappa shape index (κ3) is 3.94. The fourth-order valence-corrected chi connectivity index (χ4v) is 4.89. The smallest absolute Gasteiger partial charge is 0.264 e. The molecule has 1 saturated heterocycles. The topological polar surface area (TPSA) is 44.7 Å². The predicted octanol–water partition coefficient (Wildman–Crippen LogP) is 6.14. The van der Waals surface area contributed by atoms with E-state index in [1.807, 2.05) is 18.2 Å². The molecule has 1 fully saturated rings. The number of rotatable bonds is 2. The Labute approximate surface area is 189 Å². The average Bonchev–Trinajstić information content (AvgIpc) is 3.03. The highest BCUT2D eigenvalue weighted by Gasteiger charge is 2.29. The van der Waals surface area contributed by atoms with E-state index in [0.29, 0.717) is 10.1 Å². The van der Waals surface area contributed by atoms with Crippen LogP contribution in [0.15, 0.2) is 46.3 Å². The zero-order valence-corrected chi connectivity index (χ0v) is 20.1. The molecule has 0 saturated carbocycles. The predicted molar refractivity (Wildman–Crippen MR) is 134 cm³/mol. The van der Waals surface area contributed by atoms with Crippen LogP contribution in [-0.4, -0.2) is 23.7 Å². The van der Waals surface area contributed by atoms with E-state index in [9.17, 15) is 4.79 Å². The molecule has 0 bridgehead atoms. The molecule has 0 aromatic heterocycles. The molecule has 0 aliphatic carbocycles. The summed E-state index contributed by atoms with van der Waals surface area (Å²) in [5, 5.41) is 3.54. The van der Waals surface area contributed by atoms with Crippen LogP contribution in [0, 0.1) is 20.8 Å². The van der Waals surface area contributed by atoms with Crippen molar-refractivity contribution in [2.24, 2.45) is 4.99 Å². The molecular weight excluding hydrogens is 402 g/mol. The molecule has 2 aromatic carbocycles. The zero-order valence-electron chi connectivity index (χ0n) is 19.3. The number of benzene rings is 2. The Kier molecular flexibility index (Phi) is 5.34. The highest BCUT2D eigenvalue weighted by Crippen LogP contribution is 2.40. The number of hydrogen-bond acceptors (Lipinski definition) is 4. The molecule has 2 heterocycles. The van der Waals surface area contributed by atoms with Crippen LogP contribution in [0.2, 0.25) is 0 Å². The maximum absolute atomic E-state index is 12.6. The fraction of sp³-hybridized carbons (Fsp3) is 0.308. The van der Waals surface area contributed by atoms with Crippen molar-refractivity contribution in [3.05, 3.63) is 69.1 Å². The molecule has 160 valence electrons. The van der Waals surface area contributed by atoms with Crippen molar-refractivity contribution < 1.29 is 4.79 Å². The van der Waals surface area contributed by atoms with E-state index in [1.54, 1.807) is 0 Å². The minimum Gasteiger partial charge on any atom is -0.365 e. The van der Waals surface area contributed by atoms with Crippen molar-refractivity contribution in [2.75, 3.05) is 11.9 Å². The molecule has 2 aliphatic rings. The molecule has 0 unspecified atom stereocenters. The maximum Gasteiger partial charge on any atom is 0.264 e. The number of fused-ring (bicyclic) bond motifs is 1. The molecule has 5 heteroatoms. The zero-order chi connectivity index (χ0) is 22.5. The van der Waals surface area contributed by atoms with Gasteiger partial charge in [-0.25, -0.2) is 4.99 Å². The van der Waals surface area contributed by atoms with Crippen LogP contribution in [0.1, 0.15) is 48.6 Å². The summed E-state index contributed by atoms with van der Waals surface area (Å²) in [4.78, 5) is 20.3. The Bertz CT molecular complexity index is 1190. The van der Waals surface area contributed by atoms with Crippen molar-refractivity contribution in [1.29, 1.82) is 0 Å². The molecule has 4 nitrogen and oxygen atoms in total. The molecule has 1 amide bonds. The van der Waals surface area contributed by atoms with E-state index >= 15 is 0 Å². The number of carbonyl (C=O) groups is 1. The van der Waals surface area contributed by atoms with Gasteiger partial charge in [0, 0.05) is 18.3 Å². The second-order valence-corrected chi connectivity index (χ2v) is 10.00. The first-order valence-corrected chi connectivity index (χ1v) is 11.3. The van der Waals surface area contributed by atoms with Crippen molar-refractivity contribution >= 4 is 45.9 Å². The number of nitrogens with one attached hydrogen (secondary N) is 1. The first-order chi connectivity index (χ1) is 14.6. The number of carbonyl (C=O) groups excluding carboxylic acids is 1. The largest absolute Gasteiger partial charge is 0.365 e. The van der Waals surface area contributed by atoms with Crippen LogP contribution >= 0.6 is 11.8 Å². The molecule has 2 aromatic rings. The fourth-order valence-electron chi connectivity index (χ4n) is 4.06. The van der Waals surface area contributed by atoms with E-state index in [2.05, 4.69) is 88.1 Å². The number of amides is 1. The second-order valence-electron chi connectivity index (χ2n) is 8.97. The lowest BCUT2D eigenvalue weighted by molar-refractivity contribution is -0.115. The van der Waals surface area contributed by atoms with E-state index in [-0.39, 0.29) is 11.4 Å². The van der Waals surface area contributed by atoms with Crippen LogP contribution in [0.5, 0.6) is 0 Å². The van der Waals surface area contributed by atoms with Gasteiger partial charge in [0.25, 0.3) is 5.91 Å². The van der Waals surface area contributed by atoms with E-state index in [0.717, 1.165) is 22.4 Å². The Morgan fingerprint density at radius 1 is 1.10 bits per heavy atom. The number of aryl methyl sites for hydroxylation is 2. The summed E-state index contributed by atoms with van der Waals surface area (Å²) in [6.45, 7) is 12.8. The first-order valence-electron chi connectivity index (χ1n) is 10.5. The van der Waals surface area contributed by atoms with Gasteiger partial charge in [-0.05, 0) is 105 Å². The van der Waals surface area contributed by atoms with Gasteiger partial charge in [0.1, 0.15) is 0 Å². The molecule has 1 N–H and O–H groups in total. The summed E-state index contributed by atoms with van der Waals surface area (Å²) in [7, 11) is 2.13. The van der Waals surface area contributed by atoms with Crippen molar-refractivity contribution in [3.8, 4) is 0 Å². The van der Waals surface area contributed by atoms with Gasteiger partial charge in [-0.2, -0.15) is 0 Å². The summed E-state index contributed by atoms with van der Waals surface area (Å²) in [5.74, 6) is -0.100. The highest BCUT2D eigenvalue weighted by atomic mass is 32.2. The van der Waals surface area contributed by atoms with Crippen LogP contribution in [0.25, 0.3) is 11.6 Å². The van der Waals surface area contributed by atoms with Gasteiger partial charge in [-0.15, -0.1) is 0 Å². The molecule has 0 spiro atoms. The molecule has 0 atom stereocenters. The lowest BCUT2D eigenvalue weighted by atomic mass is 9.87. The molecular formula is C26H29N3OS. The summed E-state index contributed by atoms with van der Waals surface area (Å²) in [6, 6.07) is 10.5. The van der Waals surface area contributed by atoms with E-state index < -0.39 is 0 Å². The SMILES string of the molecule is CC1=CC(C)(C)N(C)c2cc(C)c(/C=C3\SC(=Nc4cccc(C)c4C)NC3=O)cc21. The normalized spacial score (nSPS) is 20.2. The van der Waals surface area contributed by atoms with Gasteiger partial charge in [0.2, 0.25) is 0 Å². The summed E-state index contributed by atoms with van der Waals surface area (Å²) in [5.41, 5.74) is 9.10. The number of hydrogen-bond donors (Lipinski definition) is 1. The van der Waals surface area contributed by atoms with Crippen molar-refractivity contribution in [3.63, 3.8) is 0 Å². The van der Waals surface area contributed by atoms with E-state index in [4.69, 9.17) is 0 Å². The van der Waals surface area contributed by atoms with E-state index in [1.165, 1.54) is 34.1 Å². The Balaban J connectivity index is 1.68. The third-order valence-electron chi connectivity index (χ3n) is 6.34. The minimum absolute atomic E-state index is 0.0238. The maximum atomic E-state index is 12.6. The Morgan fingerprint density at radius 3 is 2.58 bits per heavy atom.